The second kappa shape index (κ2) is 10.1. The van der Waals surface area contributed by atoms with Gasteiger partial charge in [-0.1, -0.05) is 68.5 Å². The van der Waals surface area contributed by atoms with E-state index in [1.807, 2.05) is 38.1 Å². The minimum absolute atomic E-state index is 0.0420. The summed E-state index contributed by atoms with van der Waals surface area (Å²) < 4.78 is 32.5. The van der Waals surface area contributed by atoms with Crippen LogP contribution in [0.1, 0.15) is 37.3 Å². The van der Waals surface area contributed by atoms with Crippen LogP contribution in [0.5, 0.6) is 0 Å². The Morgan fingerprint density at radius 1 is 1.10 bits per heavy atom. The summed E-state index contributed by atoms with van der Waals surface area (Å²) in [6.45, 7) is 7.83. The average Bonchev–Trinajstić information content (AvgIpc) is 3.04. The molecule has 166 valence electrons. The predicted octanol–water partition coefficient (Wildman–Crippen LogP) is 4.05. The highest BCUT2D eigenvalue weighted by Gasteiger charge is 2.29. The Morgan fingerprint density at radius 3 is 2.23 bits per heavy atom. The van der Waals surface area contributed by atoms with E-state index in [2.05, 4.69) is 40.9 Å². The zero-order chi connectivity index (χ0) is 22.4. The van der Waals surface area contributed by atoms with Gasteiger partial charge >= 0.3 is 6.09 Å². The highest BCUT2D eigenvalue weighted by molar-refractivity contribution is 7.89. The molecule has 0 heterocycles. The average molecular weight is 443 g/mol. The van der Waals surface area contributed by atoms with Crippen molar-refractivity contribution in [3.8, 4) is 11.1 Å². The lowest BCUT2D eigenvalue weighted by Crippen LogP contribution is -2.44. The van der Waals surface area contributed by atoms with Crippen molar-refractivity contribution in [1.82, 2.24) is 10.0 Å². The van der Waals surface area contributed by atoms with Crippen molar-refractivity contribution < 1.29 is 17.9 Å². The van der Waals surface area contributed by atoms with Crippen molar-refractivity contribution in [3.05, 3.63) is 72.3 Å². The van der Waals surface area contributed by atoms with E-state index in [-0.39, 0.29) is 30.7 Å². The molecule has 2 N–H and O–H groups in total. The molecule has 1 aliphatic carbocycles. The van der Waals surface area contributed by atoms with E-state index in [1.165, 1.54) is 6.08 Å². The molecule has 0 spiro atoms. The molecule has 7 heteroatoms. The van der Waals surface area contributed by atoms with Crippen LogP contribution in [0.15, 0.2) is 61.2 Å². The third-order valence-electron chi connectivity index (χ3n) is 5.29. The van der Waals surface area contributed by atoms with Gasteiger partial charge in [0, 0.05) is 18.5 Å². The van der Waals surface area contributed by atoms with Gasteiger partial charge in [0.15, 0.2) is 0 Å². The van der Waals surface area contributed by atoms with E-state index in [9.17, 15) is 13.2 Å². The largest absolute Gasteiger partial charge is 0.449 e. The molecule has 1 aliphatic rings. The number of amides is 1. The molecule has 1 unspecified atom stereocenters. The van der Waals surface area contributed by atoms with Crippen molar-refractivity contribution in [2.45, 2.75) is 32.2 Å². The normalized spacial score (nSPS) is 14.0. The van der Waals surface area contributed by atoms with Gasteiger partial charge in [0.2, 0.25) is 10.0 Å². The highest BCUT2D eigenvalue weighted by atomic mass is 32.2. The number of rotatable bonds is 10. The molecule has 0 radical (unpaired) electrons. The number of hydrogen-bond donors (Lipinski definition) is 2. The molecule has 2 aromatic carbocycles. The summed E-state index contributed by atoms with van der Waals surface area (Å²) in [6, 6.07) is 15.7. The number of fused-ring (bicyclic) bond motifs is 3. The maximum atomic E-state index is 12.6. The number of nitrogens with one attached hydrogen (secondary N) is 2. The Balaban J connectivity index is 1.66. The SMILES string of the molecule is C=CCNS(=O)(=O)CC(CC(C)C)NC(=O)OCC1c2ccccc2-c2ccccc21. The van der Waals surface area contributed by atoms with Gasteiger partial charge in [-0.2, -0.15) is 0 Å². The smallest absolute Gasteiger partial charge is 0.407 e. The Kier molecular flexibility index (Phi) is 7.51. The van der Waals surface area contributed by atoms with Crippen LogP contribution in [0.4, 0.5) is 4.79 Å². The highest BCUT2D eigenvalue weighted by Crippen LogP contribution is 2.44. The molecule has 0 fully saturated rings. The number of alkyl carbamates (subject to hydrolysis) is 1. The van der Waals surface area contributed by atoms with Gasteiger partial charge in [-0.05, 0) is 34.6 Å². The lowest BCUT2D eigenvalue weighted by Gasteiger charge is -2.21. The fourth-order valence-corrected chi connectivity index (χ4v) is 5.29. The maximum absolute atomic E-state index is 12.6. The molecule has 2 aromatic rings. The minimum atomic E-state index is -3.54. The molecular formula is C24H30N2O4S. The third-order valence-corrected chi connectivity index (χ3v) is 6.74. The maximum Gasteiger partial charge on any atom is 0.407 e. The van der Waals surface area contributed by atoms with E-state index >= 15 is 0 Å². The fourth-order valence-electron chi connectivity index (χ4n) is 4.05. The predicted molar refractivity (Wildman–Crippen MR) is 123 cm³/mol. The summed E-state index contributed by atoms with van der Waals surface area (Å²) in [4.78, 5) is 12.6. The fraction of sp³-hybridized carbons (Fsp3) is 0.375. The zero-order valence-electron chi connectivity index (χ0n) is 18.0. The van der Waals surface area contributed by atoms with Gasteiger partial charge in [-0.3, -0.25) is 0 Å². The van der Waals surface area contributed by atoms with Gasteiger partial charge in [0.05, 0.1) is 5.75 Å². The molecule has 0 aromatic heterocycles. The van der Waals surface area contributed by atoms with Crippen molar-refractivity contribution in [1.29, 1.82) is 0 Å². The van der Waals surface area contributed by atoms with Gasteiger partial charge in [-0.15, -0.1) is 6.58 Å². The number of carbonyl (C=O) groups excluding carboxylic acids is 1. The molecule has 0 aliphatic heterocycles. The Bertz CT molecular complexity index is 988. The van der Waals surface area contributed by atoms with Crippen LogP contribution in [-0.4, -0.2) is 39.5 Å². The van der Waals surface area contributed by atoms with Crippen LogP contribution >= 0.6 is 0 Å². The van der Waals surface area contributed by atoms with Gasteiger partial charge in [0.25, 0.3) is 0 Å². The quantitative estimate of drug-likeness (QED) is 0.544. The summed E-state index contributed by atoms with van der Waals surface area (Å²) in [5.41, 5.74) is 4.58. The first kappa shape index (κ1) is 23.0. The molecule has 1 amide bonds. The molecule has 3 rings (SSSR count). The first-order valence-electron chi connectivity index (χ1n) is 10.5. The summed E-state index contributed by atoms with van der Waals surface area (Å²) in [6.07, 6.45) is 1.40. The Morgan fingerprint density at radius 2 is 1.68 bits per heavy atom. The minimum Gasteiger partial charge on any atom is -0.449 e. The summed E-state index contributed by atoms with van der Waals surface area (Å²) in [5.74, 6) is -0.0309. The van der Waals surface area contributed by atoms with Gasteiger partial charge in [0.1, 0.15) is 6.61 Å². The molecule has 0 saturated carbocycles. The van der Waals surface area contributed by atoms with Crippen molar-refractivity contribution >= 4 is 16.1 Å². The summed E-state index contributed by atoms with van der Waals surface area (Å²) in [7, 11) is -3.54. The monoisotopic (exact) mass is 442 g/mol. The van der Waals surface area contributed by atoms with Crippen LogP contribution in [0.2, 0.25) is 0 Å². The van der Waals surface area contributed by atoms with Crippen molar-refractivity contribution in [2.24, 2.45) is 5.92 Å². The summed E-state index contributed by atoms with van der Waals surface area (Å²) in [5, 5.41) is 2.75. The number of ether oxygens (including phenoxy) is 1. The van der Waals surface area contributed by atoms with Gasteiger partial charge < -0.3 is 10.1 Å². The first-order valence-corrected chi connectivity index (χ1v) is 12.2. The molecule has 0 bridgehead atoms. The van der Waals surface area contributed by atoms with Crippen LogP contribution in [0.3, 0.4) is 0 Å². The molecule has 0 saturated heterocycles. The van der Waals surface area contributed by atoms with E-state index in [1.54, 1.807) is 0 Å². The number of sulfonamides is 1. The van der Waals surface area contributed by atoms with Crippen LogP contribution in [0.25, 0.3) is 11.1 Å². The Hall–Kier alpha value is -2.64. The van der Waals surface area contributed by atoms with Gasteiger partial charge in [-0.25, -0.2) is 17.9 Å². The van der Waals surface area contributed by atoms with Crippen LogP contribution < -0.4 is 10.0 Å². The number of carbonyl (C=O) groups is 1. The zero-order valence-corrected chi connectivity index (χ0v) is 18.8. The molecular weight excluding hydrogens is 412 g/mol. The topological polar surface area (TPSA) is 84.5 Å². The third kappa shape index (κ3) is 5.95. The number of benzene rings is 2. The van der Waals surface area contributed by atoms with Crippen molar-refractivity contribution in [3.63, 3.8) is 0 Å². The number of hydrogen-bond acceptors (Lipinski definition) is 4. The Labute approximate surface area is 184 Å². The lowest BCUT2D eigenvalue weighted by atomic mass is 9.98. The molecule has 31 heavy (non-hydrogen) atoms. The summed E-state index contributed by atoms with van der Waals surface area (Å²) >= 11 is 0. The molecule has 6 nitrogen and oxygen atoms in total. The second-order valence-corrected chi connectivity index (χ2v) is 10.1. The first-order chi connectivity index (χ1) is 14.8. The molecule has 1 atom stereocenters. The van der Waals surface area contributed by atoms with E-state index < -0.39 is 22.2 Å². The van der Waals surface area contributed by atoms with E-state index in [0.29, 0.717) is 6.42 Å². The van der Waals surface area contributed by atoms with Crippen molar-refractivity contribution in [2.75, 3.05) is 18.9 Å². The lowest BCUT2D eigenvalue weighted by molar-refractivity contribution is 0.138. The van der Waals surface area contributed by atoms with Crippen LogP contribution in [-0.2, 0) is 14.8 Å². The second-order valence-electron chi connectivity index (χ2n) is 8.21. The van der Waals surface area contributed by atoms with Crippen LogP contribution in [0, 0.1) is 5.92 Å². The standard InChI is InChI=1S/C24H30N2O4S/c1-4-13-25-31(28,29)16-18(14-17(2)3)26-24(27)30-15-23-21-11-7-5-9-19(21)20-10-6-8-12-22(20)23/h4-12,17-18,23,25H,1,13-16H2,2-3H3,(H,26,27). The van der Waals surface area contributed by atoms with E-state index in [0.717, 1.165) is 22.3 Å². The van der Waals surface area contributed by atoms with E-state index in [4.69, 9.17) is 4.74 Å².